The lowest BCUT2D eigenvalue weighted by atomic mass is 10.0. The van der Waals surface area contributed by atoms with Gasteiger partial charge in [-0.1, -0.05) is 54.6 Å². The third-order valence-corrected chi connectivity index (χ3v) is 3.04. The summed E-state index contributed by atoms with van der Waals surface area (Å²) in [6.45, 7) is 2.20. The molecule has 19 heavy (non-hydrogen) atoms. The first-order valence-corrected chi connectivity index (χ1v) is 6.27. The van der Waals surface area contributed by atoms with Crippen LogP contribution in [-0.4, -0.2) is 17.1 Å². The minimum Gasteiger partial charge on any atom is -0.480 e. The fraction of sp³-hybridized carbons (Fsp3) is 0.188. The van der Waals surface area contributed by atoms with Gasteiger partial charge in [0.15, 0.2) is 0 Å². The quantitative estimate of drug-likeness (QED) is 0.863. The second kappa shape index (κ2) is 6.16. The van der Waals surface area contributed by atoms with Crippen molar-refractivity contribution < 1.29 is 9.90 Å². The predicted octanol–water partition coefficient (Wildman–Crippen LogP) is 2.92. The molecule has 0 aliphatic rings. The molecular formula is C16H17NO2. The first-order valence-electron chi connectivity index (χ1n) is 6.27. The summed E-state index contributed by atoms with van der Waals surface area (Å²) in [6.07, 6.45) is 0. The predicted molar refractivity (Wildman–Crippen MR) is 75.8 cm³/mol. The maximum Gasteiger partial charge on any atom is 0.320 e. The van der Waals surface area contributed by atoms with E-state index >= 15 is 0 Å². The molecule has 0 amide bonds. The van der Waals surface area contributed by atoms with Crippen LogP contribution in [0, 0.1) is 0 Å². The topological polar surface area (TPSA) is 49.3 Å². The number of carboxylic acids is 1. The average Bonchev–Trinajstić information content (AvgIpc) is 2.46. The lowest BCUT2D eigenvalue weighted by Crippen LogP contribution is -2.33. The highest BCUT2D eigenvalue weighted by Gasteiger charge is 2.08. The highest BCUT2D eigenvalue weighted by molar-refractivity contribution is 5.72. The van der Waals surface area contributed by atoms with Crippen LogP contribution in [0.25, 0.3) is 11.1 Å². The van der Waals surface area contributed by atoms with Gasteiger partial charge in [-0.05, 0) is 23.6 Å². The van der Waals surface area contributed by atoms with Crippen LogP contribution < -0.4 is 5.32 Å². The molecule has 0 heterocycles. The SMILES string of the molecule is CC(NCc1ccc(-c2ccccc2)cc1)C(=O)O. The van der Waals surface area contributed by atoms with Gasteiger partial charge in [-0.2, -0.15) is 0 Å². The summed E-state index contributed by atoms with van der Waals surface area (Å²) >= 11 is 0. The normalized spacial score (nSPS) is 12.1. The van der Waals surface area contributed by atoms with Gasteiger partial charge in [-0.25, -0.2) is 0 Å². The van der Waals surface area contributed by atoms with Crippen molar-refractivity contribution in [3.63, 3.8) is 0 Å². The van der Waals surface area contributed by atoms with Crippen LogP contribution in [0.4, 0.5) is 0 Å². The van der Waals surface area contributed by atoms with Crippen LogP contribution in [0.15, 0.2) is 54.6 Å². The number of benzene rings is 2. The zero-order valence-corrected chi connectivity index (χ0v) is 10.8. The molecule has 2 N–H and O–H groups in total. The zero-order valence-electron chi connectivity index (χ0n) is 10.8. The summed E-state index contributed by atoms with van der Waals surface area (Å²) in [5.74, 6) is -0.832. The van der Waals surface area contributed by atoms with Gasteiger partial charge < -0.3 is 10.4 Å². The molecule has 2 aromatic carbocycles. The van der Waals surface area contributed by atoms with Gasteiger partial charge in [0.05, 0.1) is 0 Å². The minimum absolute atomic E-state index is 0.534. The molecule has 0 saturated heterocycles. The molecule has 0 spiro atoms. The van der Waals surface area contributed by atoms with Crippen LogP contribution in [0.1, 0.15) is 12.5 Å². The minimum atomic E-state index is -0.832. The third kappa shape index (κ3) is 3.66. The number of nitrogens with one attached hydrogen (secondary N) is 1. The van der Waals surface area contributed by atoms with E-state index in [9.17, 15) is 4.79 Å². The van der Waals surface area contributed by atoms with Gasteiger partial charge in [0, 0.05) is 6.54 Å². The van der Waals surface area contributed by atoms with Gasteiger partial charge in [0.25, 0.3) is 0 Å². The van der Waals surface area contributed by atoms with Crippen molar-refractivity contribution in [3.8, 4) is 11.1 Å². The van der Waals surface area contributed by atoms with E-state index < -0.39 is 12.0 Å². The standard InChI is InChI=1S/C16H17NO2/c1-12(16(18)19)17-11-13-7-9-15(10-8-13)14-5-3-2-4-6-14/h2-10,12,17H,11H2,1H3,(H,18,19). The van der Waals surface area contributed by atoms with Crippen LogP contribution >= 0.6 is 0 Å². The molecule has 0 aliphatic carbocycles. The fourth-order valence-corrected chi connectivity index (χ4v) is 1.80. The van der Waals surface area contributed by atoms with E-state index in [1.165, 1.54) is 5.56 Å². The Labute approximate surface area is 112 Å². The highest BCUT2D eigenvalue weighted by atomic mass is 16.4. The molecule has 0 aromatic heterocycles. The number of carbonyl (C=O) groups is 1. The molecule has 3 nitrogen and oxygen atoms in total. The molecular weight excluding hydrogens is 238 g/mol. The number of aliphatic carboxylic acids is 1. The summed E-state index contributed by atoms with van der Waals surface area (Å²) < 4.78 is 0. The van der Waals surface area contributed by atoms with Crippen molar-refractivity contribution in [2.24, 2.45) is 0 Å². The van der Waals surface area contributed by atoms with Crippen LogP contribution in [-0.2, 0) is 11.3 Å². The van der Waals surface area contributed by atoms with E-state index in [0.29, 0.717) is 6.54 Å². The van der Waals surface area contributed by atoms with Gasteiger partial charge >= 0.3 is 5.97 Å². The smallest absolute Gasteiger partial charge is 0.320 e. The summed E-state index contributed by atoms with van der Waals surface area (Å²) in [7, 11) is 0. The van der Waals surface area contributed by atoms with E-state index in [4.69, 9.17) is 5.11 Å². The van der Waals surface area contributed by atoms with Crippen LogP contribution in [0.3, 0.4) is 0 Å². The molecule has 2 rings (SSSR count). The van der Waals surface area contributed by atoms with Crippen molar-refractivity contribution in [2.45, 2.75) is 19.5 Å². The van der Waals surface area contributed by atoms with E-state index in [1.54, 1.807) is 6.92 Å². The lowest BCUT2D eigenvalue weighted by molar-refractivity contribution is -0.139. The molecule has 3 heteroatoms. The first-order chi connectivity index (χ1) is 9.16. The largest absolute Gasteiger partial charge is 0.480 e. The molecule has 0 saturated carbocycles. The van der Waals surface area contributed by atoms with Gasteiger partial charge in [0.2, 0.25) is 0 Å². The molecule has 1 atom stereocenters. The Bertz CT molecular complexity index is 534. The van der Waals surface area contributed by atoms with Gasteiger partial charge in [-0.15, -0.1) is 0 Å². The zero-order chi connectivity index (χ0) is 13.7. The number of rotatable bonds is 5. The summed E-state index contributed by atoms with van der Waals surface area (Å²) in [5.41, 5.74) is 3.42. The number of hydrogen-bond acceptors (Lipinski definition) is 2. The molecule has 0 fully saturated rings. The lowest BCUT2D eigenvalue weighted by Gasteiger charge is -2.09. The van der Waals surface area contributed by atoms with Crippen molar-refractivity contribution in [2.75, 3.05) is 0 Å². The Hall–Kier alpha value is -2.13. The second-order valence-corrected chi connectivity index (χ2v) is 4.50. The molecule has 2 aromatic rings. The maximum atomic E-state index is 10.7. The van der Waals surface area contributed by atoms with Gasteiger partial charge in [-0.3, -0.25) is 4.79 Å². The van der Waals surface area contributed by atoms with Crippen LogP contribution in [0.5, 0.6) is 0 Å². The highest BCUT2D eigenvalue weighted by Crippen LogP contribution is 2.19. The second-order valence-electron chi connectivity index (χ2n) is 4.50. The Kier molecular flexibility index (Phi) is 4.31. The third-order valence-electron chi connectivity index (χ3n) is 3.04. The molecule has 0 bridgehead atoms. The van der Waals surface area contributed by atoms with Crippen LogP contribution in [0.2, 0.25) is 0 Å². The van der Waals surface area contributed by atoms with E-state index in [-0.39, 0.29) is 0 Å². The number of carboxylic acid groups (broad SMARTS) is 1. The number of hydrogen-bond donors (Lipinski definition) is 2. The van der Waals surface area contributed by atoms with Crippen molar-refractivity contribution in [1.29, 1.82) is 0 Å². The van der Waals surface area contributed by atoms with E-state index in [1.807, 2.05) is 30.3 Å². The summed E-state index contributed by atoms with van der Waals surface area (Å²) in [6, 6.07) is 17.8. The molecule has 1 unspecified atom stereocenters. The Balaban J connectivity index is 2.01. The maximum absolute atomic E-state index is 10.7. The Morgan fingerprint density at radius 1 is 1.05 bits per heavy atom. The monoisotopic (exact) mass is 255 g/mol. The van der Waals surface area contributed by atoms with Crippen molar-refractivity contribution >= 4 is 5.97 Å². The molecule has 98 valence electrons. The fourth-order valence-electron chi connectivity index (χ4n) is 1.80. The average molecular weight is 255 g/mol. The Morgan fingerprint density at radius 3 is 2.21 bits per heavy atom. The van der Waals surface area contributed by atoms with E-state index in [2.05, 4.69) is 29.6 Å². The molecule has 0 radical (unpaired) electrons. The summed E-state index contributed by atoms with van der Waals surface area (Å²) in [4.78, 5) is 10.7. The molecule has 0 aliphatic heterocycles. The van der Waals surface area contributed by atoms with E-state index in [0.717, 1.165) is 11.1 Å². The van der Waals surface area contributed by atoms with Crippen molar-refractivity contribution in [1.82, 2.24) is 5.32 Å². The summed E-state index contributed by atoms with van der Waals surface area (Å²) in [5, 5.41) is 11.7. The Morgan fingerprint density at radius 2 is 1.63 bits per heavy atom. The van der Waals surface area contributed by atoms with Gasteiger partial charge in [0.1, 0.15) is 6.04 Å². The first kappa shape index (κ1) is 13.3. The van der Waals surface area contributed by atoms with Crippen molar-refractivity contribution in [3.05, 3.63) is 60.2 Å².